The Morgan fingerprint density at radius 2 is 1.81 bits per heavy atom. The number of aromatic nitrogens is 2. The SMILES string of the molecule is CCn1c(-c2cccnc2C(C)C)c2c3cc(ccc31)-c1cc(O)cc(c1)C[C@H](NC(=O)[C@H](C(C)C)N(C)C(=O)[C@]13C[C@H]1CCN3C(=O)[C@H]1CN1)C(=O)N1CCC[C@H](N1)C(=O)OCC(C)(C)C2. The molecule has 0 radical (unpaired) electrons. The normalized spacial score (nSPS) is 25.1. The van der Waals surface area contributed by atoms with Crippen LogP contribution in [0.15, 0.2) is 54.7 Å². The molecule has 4 aliphatic heterocycles. The molecule has 3 saturated heterocycles. The molecule has 6 bridgehead atoms. The van der Waals surface area contributed by atoms with Gasteiger partial charge in [-0.1, -0.05) is 53.7 Å². The summed E-state index contributed by atoms with van der Waals surface area (Å²) in [7, 11) is 1.61. The van der Waals surface area contributed by atoms with Gasteiger partial charge >= 0.3 is 5.97 Å². The number of phenols is 1. The zero-order valence-electron chi connectivity index (χ0n) is 40.1. The Morgan fingerprint density at radius 3 is 2.51 bits per heavy atom. The molecule has 4 amide bonds. The number of likely N-dealkylation sites (N-methyl/N-ethyl adjacent to an activating group) is 1. The molecule has 2 aromatic heterocycles. The molecule has 4 N–H and O–H groups in total. The highest BCUT2D eigenvalue weighted by atomic mass is 16.5. The van der Waals surface area contributed by atoms with E-state index in [9.17, 15) is 29.1 Å². The average molecular weight is 915 g/mol. The number of hydrogen-bond acceptors (Lipinski definition) is 10. The van der Waals surface area contributed by atoms with Crippen LogP contribution in [0.25, 0.3) is 33.3 Å². The fourth-order valence-corrected chi connectivity index (χ4v) is 11.3. The Bertz CT molecular complexity index is 2630. The maximum Gasteiger partial charge on any atom is 0.324 e. The fourth-order valence-electron chi connectivity index (χ4n) is 11.3. The summed E-state index contributed by atoms with van der Waals surface area (Å²) < 4.78 is 8.47. The maximum atomic E-state index is 14.8. The number of aryl methyl sites for hydroxylation is 1. The summed E-state index contributed by atoms with van der Waals surface area (Å²) in [6.45, 7) is 16.6. The lowest BCUT2D eigenvalue weighted by Gasteiger charge is -2.38. The molecule has 356 valence electrons. The van der Waals surface area contributed by atoms with E-state index in [1.807, 2.05) is 38.2 Å². The van der Waals surface area contributed by atoms with Crippen molar-refractivity contribution in [1.82, 2.24) is 40.4 Å². The third-order valence-corrected chi connectivity index (χ3v) is 14.7. The lowest BCUT2D eigenvalue weighted by molar-refractivity contribution is -0.155. The lowest BCUT2D eigenvalue weighted by Crippen LogP contribution is -2.63. The quantitative estimate of drug-likeness (QED) is 0.127. The number of rotatable bonds is 9. The van der Waals surface area contributed by atoms with Crippen molar-refractivity contribution >= 4 is 40.5 Å². The van der Waals surface area contributed by atoms with E-state index in [-0.39, 0.29) is 60.9 Å². The summed E-state index contributed by atoms with van der Waals surface area (Å²) in [5, 5.41) is 19.9. The van der Waals surface area contributed by atoms with Gasteiger partial charge in [-0.25, -0.2) is 5.43 Å². The number of esters is 1. The number of piperidine rings is 1. The summed E-state index contributed by atoms with van der Waals surface area (Å²) in [4.78, 5) is 79.4. The van der Waals surface area contributed by atoms with E-state index in [1.54, 1.807) is 24.1 Å². The van der Waals surface area contributed by atoms with Gasteiger partial charge in [-0.3, -0.25) is 34.0 Å². The number of benzene rings is 2. The number of nitrogens with zero attached hydrogens (tertiary/aromatic N) is 5. The Kier molecular flexibility index (Phi) is 12.2. The Hall–Kier alpha value is -5.80. The van der Waals surface area contributed by atoms with Crippen LogP contribution >= 0.6 is 0 Å². The Morgan fingerprint density at radius 1 is 1.03 bits per heavy atom. The highest BCUT2D eigenvalue weighted by Gasteiger charge is 2.70. The van der Waals surface area contributed by atoms with E-state index in [4.69, 9.17) is 9.72 Å². The monoisotopic (exact) mass is 915 g/mol. The number of hydrogen-bond donors (Lipinski definition) is 4. The van der Waals surface area contributed by atoms with Crippen LogP contribution in [-0.2, 0) is 48.1 Å². The van der Waals surface area contributed by atoms with Crippen LogP contribution < -0.4 is 16.1 Å². The van der Waals surface area contributed by atoms with Crippen molar-refractivity contribution in [3.63, 3.8) is 0 Å². The van der Waals surface area contributed by atoms with Crippen LogP contribution in [-0.4, -0.2) is 122 Å². The fraction of sp³-hybridized carbons (Fsp3) is 0.538. The van der Waals surface area contributed by atoms with Gasteiger partial charge in [-0.15, -0.1) is 0 Å². The van der Waals surface area contributed by atoms with Crippen LogP contribution in [0, 0.1) is 17.3 Å². The van der Waals surface area contributed by atoms with E-state index >= 15 is 0 Å². The largest absolute Gasteiger partial charge is 0.508 e. The number of carbonyl (C=O) groups is 5. The smallest absolute Gasteiger partial charge is 0.324 e. The zero-order valence-corrected chi connectivity index (χ0v) is 40.1. The minimum atomic E-state index is -1.16. The van der Waals surface area contributed by atoms with Crippen molar-refractivity contribution < 1.29 is 33.8 Å². The van der Waals surface area contributed by atoms with E-state index in [1.165, 1.54) is 9.91 Å². The third-order valence-electron chi connectivity index (χ3n) is 14.7. The summed E-state index contributed by atoms with van der Waals surface area (Å²) in [6, 6.07) is 12.5. The van der Waals surface area contributed by atoms with Crippen molar-refractivity contribution in [2.24, 2.45) is 17.3 Å². The molecule has 0 spiro atoms. The molecule has 4 fully saturated rings. The van der Waals surface area contributed by atoms with Crippen molar-refractivity contribution in [1.29, 1.82) is 0 Å². The van der Waals surface area contributed by atoms with Gasteiger partial charge in [0.15, 0.2) is 0 Å². The van der Waals surface area contributed by atoms with Crippen molar-refractivity contribution in [3.05, 3.63) is 71.5 Å². The number of likely N-dealkylation sites (tertiary alicyclic amines) is 1. The molecule has 9 rings (SSSR count). The van der Waals surface area contributed by atoms with Crippen LogP contribution in [0.3, 0.4) is 0 Å². The number of phenolic OH excluding ortho intramolecular Hbond substituents is 1. The number of ether oxygens (including phenoxy) is 1. The Labute approximate surface area is 392 Å². The highest BCUT2D eigenvalue weighted by molar-refractivity contribution is 6.00. The highest BCUT2D eigenvalue weighted by Crippen LogP contribution is 2.57. The first kappa shape index (κ1) is 46.3. The second-order valence-corrected chi connectivity index (χ2v) is 21.0. The number of cyclic esters (lactones) is 1. The van der Waals surface area contributed by atoms with Gasteiger partial charge in [0.25, 0.3) is 5.91 Å². The molecule has 1 aliphatic carbocycles. The topological polar surface area (TPSA) is 188 Å². The molecular formula is C52H66N8O7. The van der Waals surface area contributed by atoms with E-state index < -0.39 is 46.9 Å². The second-order valence-electron chi connectivity index (χ2n) is 21.0. The molecule has 15 nitrogen and oxygen atoms in total. The molecule has 6 atom stereocenters. The number of nitrogens with one attached hydrogen (secondary N) is 3. The summed E-state index contributed by atoms with van der Waals surface area (Å²) in [5.74, 6) is -1.93. The average Bonchev–Trinajstić information content (AvgIpc) is 4.23. The van der Waals surface area contributed by atoms with E-state index in [0.29, 0.717) is 50.9 Å². The van der Waals surface area contributed by atoms with Gasteiger partial charge < -0.3 is 34.8 Å². The number of hydrazine groups is 1. The molecule has 15 heteroatoms. The standard InChI is InChI=1S/C52H66N8O7/c1-9-58-42-15-14-32-24-37(42)38(45(58)36-12-10-17-53-43(36)29(2)3)26-51(6,7)28-67-49(65)39-13-11-18-60(56-39)48(64)40(22-31-20-33(32)23-35(61)21-31)55-46(62)44(30(4)5)57(8)50(66)52-25-34(52)16-19-59(52)47(63)41-27-54-41/h10,12,14-15,17,20-21,23-24,29-30,34,39-41,44,54,56,61H,9,11,13,16,18-19,22,25-28H2,1-8H3,(H,55,62)/t34-,39+,40+,41-,44+,52+/m1/s1. The van der Waals surface area contributed by atoms with Gasteiger partial charge in [-0.2, -0.15) is 0 Å². The number of fused-ring (bicyclic) bond motifs is 7. The molecule has 6 heterocycles. The van der Waals surface area contributed by atoms with E-state index in [0.717, 1.165) is 51.0 Å². The molecule has 2 aromatic carbocycles. The Balaban J connectivity index is 1.10. The van der Waals surface area contributed by atoms with Crippen LogP contribution in [0.4, 0.5) is 0 Å². The first-order chi connectivity index (χ1) is 31.9. The minimum Gasteiger partial charge on any atom is -0.508 e. The van der Waals surface area contributed by atoms with Crippen molar-refractivity contribution in [3.8, 4) is 28.1 Å². The second kappa shape index (κ2) is 17.7. The first-order valence-electron chi connectivity index (χ1n) is 24.2. The molecule has 1 saturated carbocycles. The summed E-state index contributed by atoms with van der Waals surface area (Å²) >= 11 is 0. The molecule has 67 heavy (non-hydrogen) atoms. The zero-order chi connectivity index (χ0) is 47.7. The van der Waals surface area contributed by atoms with Gasteiger partial charge in [0.1, 0.15) is 29.4 Å². The predicted molar refractivity (Wildman–Crippen MR) is 254 cm³/mol. The van der Waals surface area contributed by atoms with Crippen LogP contribution in [0.1, 0.15) is 96.9 Å². The van der Waals surface area contributed by atoms with Crippen molar-refractivity contribution in [2.75, 3.05) is 33.3 Å². The van der Waals surface area contributed by atoms with Gasteiger partial charge in [-0.05, 0) is 115 Å². The molecule has 5 aliphatic rings. The number of pyridine rings is 1. The van der Waals surface area contributed by atoms with Gasteiger partial charge in [0, 0.05) is 67.7 Å². The number of amides is 4. The van der Waals surface area contributed by atoms with Crippen LogP contribution in [0.5, 0.6) is 5.75 Å². The minimum absolute atomic E-state index is 0.00144. The van der Waals surface area contributed by atoms with Crippen LogP contribution in [0.2, 0.25) is 0 Å². The third kappa shape index (κ3) is 8.58. The molecule has 4 aromatic rings. The van der Waals surface area contributed by atoms with Crippen molar-refractivity contribution in [2.45, 2.75) is 129 Å². The maximum absolute atomic E-state index is 14.8. The number of aromatic hydroxyl groups is 1. The van der Waals surface area contributed by atoms with E-state index in [2.05, 4.69) is 73.4 Å². The predicted octanol–water partition coefficient (Wildman–Crippen LogP) is 5.31. The lowest BCUT2D eigenvalue weighted by atomic mass is 9.83. The summed E-state index contributed by atoms with van der Waals surface area (Å²) in [5.41, 5.74) is 9.14. The number of carbonyl (C=O) groups excluding carboxylic acids is 5. The van der Waals surface area contributed by atoms with Gasteiger partial charge in [0.2, 0.25) is 17.7 Å². The molecular weight excluding hydrogens is 849 g/mol. The molecule has 0 unspecified atom stereocenters. The van der Waals surface area contributed by atoms with Gasteiger partial charge in [0.05, 0.1) is 24.0 Å². The summed E-state index contributed by atoms with van der Waals surface area (Å²) in [6.07, 6.45) is 4.69. The first-order valence-corrected chi connectivity index (χ1v) is 24.2.